The minimum Gasteiger partial charge on any atom is -0.299 e. The third-order valence-electron chi connectivity index (χ3n) is 1.80. The van der Waals surface area contributed by atoms with Crippen molar-refractivity contribution in [2.75, 3.05) is 0 Å². The summed E-state index contributed by atoms with van der Waals surface area (Å²) in [6.07, 6.45) is 9.03. The maximum absolute atomic E-state index is 10.1. The Kier molecular flexibility index (Phi) is 2.99. The fourth-order valence-electron chi connectivity index (χ4n) is 1.15. The number of thiophene rings is 1. The number of allylic oxidation sites excluding steroid dienone is 1. The Morgan fingerprint density at radius 1 is 1.33 bits per heavy atom. The van der Waals surface area contributed by atoms with Crippen LogP contribution in [0.25, 0.3) is 16.6 Å². The van der Waals surface area contributed by atoms with Gasteiger partial charge in [-0.05, 0) is 23.1 Å². The molecule has 0 aliphatic rings. The van der Waals surface area contributed by atoms with Crippen LogP contribution in [-0.4, -0.2) is 16.3 Å². The highest BCUT2D eigenvalue weighted by atomic mass is 32.1. The third kappa shape index (κ3) is 2.35. The van der Waals surface area contributed by atoms with Gasteiger partial charge in [0.1, 0.15) is 6.29 Å². The van der Waals surface area contributed by atoms with Crippen molar-refractivity contribution in [1.29, 1.82) is 0 Å². The van der Waals surface area contributed by atoms with Gasteiger partial charge in [-0.15, -0.1) is 11.3 Å². The molecule has 0 fully saturated rings. The number of carbonyl (C=O) groups is 1. The quantitative estimate of drug-likeness (QED) is 0.584. The Bertz CT molecular complexity index is 476. The van der Waals surface area contributed by atoms with Gasteiger partial charge in [0.05, 0.1) is 16.8 Å². The zero-order chi connectivity index (χ0) is 10.5. The molecule has 0 atom stereocenters. The summed E-state index contributed by atoms with van der Waals surface area (Å²) in [5.41, 5.74) is 1.86. The maximum Gasteiger partial charge on any atom is 0.142 e. The molecule has 0 amide bonds. The maximum atomic E-state index is 10.1. The van der Waals surface area contributed by atoms with Crippen LogP contribution >= 0.6 is 11.3 Å². The van der Waals surface area contributed by atoms with E-state index in [1.54, 1.807) is 36.0 Å². The van der Waals surface area contributed by atoms with E-state index in [9.17, 15) is 4.79 Å². The van der Waals surface area contributed by atoms with Crippen LogP contribution in [0.5, 0.6) is 0 Å². The number of aromatic nitrogens is 2. The molecule has 0 aliphatic carbocycles. The van der Waals surface area contributed by atoms with Crippen molar-refractivity contribution in [3.05, 3.63) is 41.7 Å². The van der Waals surface area contributed by atoms with E-state index in [-0.39, 0.29) is 0 Å². The van der Waals surface area contributed by atoms with E-state index in [2.05, 4.69) is 9.97 Å². The molecule has 2 aromatic heterocycles. The van der Waals surface area contributed by atoms with Crippen molar-refractivity contribution in [2.45, 2.75) is 0 Å². The molecule has 2 rings (SSSR count). The molecule has 15 heavy (non-hydrogen) atoms. The second-order valence-electron chi connectivity index (χ2n) is 2.83. The van der Waals surface area contributed by atoms with Crippen LogP contribution in [0, 0.1) is 0 Å². The first-order chi connectivity index (χ1) is 7.40. The van der Waals surface area contributed by atoms with Gasteiger partial charge in [0.15, 0.2) is 0 Å². The Balaban J connectivity index is 2.28. The van der Waals surface area contributed by atoms with Crippen LogP contribution in [0.3, 0.4) is 0 Å². The summed E-state index contributed by atoms with van der Waals surface area (Å²) in [5, 5.41) is 1.98. The first-order valence-electron chi connectivity index (χ1n) is 4.37. The van der Waals surface area contributed by atoms with Crippen molar-refractivity contribution in [2.24, 2.45) is 0 Å². The fourth-order valence-corrected chi connectivity index (χ4v) is 1.99. The summed E-state index contributed by atoms with van der Waals surface area (Å²) in [6.45, 7) is 0. The van der Waals surface area contributed by atoms with Gasteiger partial charge >= 0.3 is 0 Å². The SMILES string of the molecule is O=CC=Cc1csc(-c2cnccn2)c1. The zero-order valence-electron chi connectivity index (χ0n) is 7.83. The zero-order valence-corrected chi connectivity index (χ0v) is 8.65. The molecule has 0 aliphatic heterocycles. The number of nitrogens with zero attached hydrogens (tertiary/aromatic N) is 2. The molecule has 0 radical (unpaired) electrons. The van der Waals surface area contributed by atoms with Gasteiger partial charge in [-0.2, -0.15) is 0 Å². The van der Waals surface area contributed by atoms with E-state index in [0.717, 1.165) is 22.4 Å². The summed E-state index contributed by atoms with van der Waals surface area (Å²) in [4.78, 5) is 19.4. The average molecular weight is 216 g/mol. The number of carbonyl (C=O) groups excluding carboxylic acids is 1. The number of aldehydes is 1. The van der Waals surface area contributed by atoms with Crippen molar-refractivity contribution >= 4 is 23.7 Å². The molecule has 3 nitrogen and oxygen atoms in total. The molecule has 2 heterocycles. The standard InChI is InChI=1S/C11H8N2OS/c14-5-1-2-9-6-11(15-8-9)10-7-12-3-4-13-10/h1-8H. The Hall–Kier alpha value is -1.81. The number of rotatable bonds is 3. The van der Waals surface area contributed by atoms with E-state index in [1.807, 2.05) is 11.4 Å². The number of hydrogen-bond donors (Lipinski definition) is 0. The topological polar surface area (TPSA) is 42.9 Å². The summed E-state index contributed by atoms with van der Waals surface area (Å²) in [6, 6.07) is 1.98. The second kappa shape index (κ2) is 4.61. The molecule has 0 N–H and O–H groups in total. The first-order valence-corrected chi connectivity index (χ1v) is 5.25. The van der Waals surface area contributed by atoms with Crippen LogP contribution < -0.4 is 0 Å². The average Bonchev–Trinajstić information content (AvgIpc) is 2.76. The molecular formula is C11H8N2OS. The molecule has 0 spiro atoms. The molecular weight excluding hydrogens is 208 g/mol. The summed E-state index contributed by atoms with van der Waals surface area (Å²) in [5.74, 6) is 0. The molecule has 74 valence electrons. The summed E-state index contributed by atoms with van der Waals surface area (Å²) < 4.78 is 0. The van der Waals surface area contributed by atoms with Gasteiger partial charge in [-0.25, -0.2) is 0 Å². The first kappa shape index (κ1) is 9.73. The molecule has 0 unspecified atom stereocenters. The Labute approximate surface area is 91.1 Å². The van der Waals surface area contributed by atoms with E-state index in [4.69, 9.17) is 0 Å². The highest BCUT2D eigenvalue weighted by Crippen LogP contribution is 2.25. The van der Waals surface area contributed by atoms with E-state index in [0.29, 0.717) is 0 Å². The molecule has 0 aromatic carbocycles. The van der Waals surface area contributed by atoms with Gasteiger partial charge in [0.25, 0.3) is 0 Å². The van der Waals surface area contributed by atoms with Gasteiger partial charge in [-0.1, -0.05) is 6.08 Å². The Morgan fingerprint density at radius 2 is 2.27 bits per heavy atom. The van der Waals surface area contributed by atoms with Gasteiger partial charge in [-0.3, -0.25) is 14.8 Å². The van der Waals surface area contributed by atoms with Crippen molar-refractivity contribution in [3.63, 3.8) is 0 Å². The third-order valence-corrected chi connectivity index (χ3v) is 2.77. The lowest BCUT2D eigenvalue weighted by Crippen LogP contribution is -1.79. The van der Waals surface area contributed by atoms with E-state index < -0.39 is 0 Å². The van der Waals surface area contributed by atoms with E-state index in [1.165, 1.54) is 6.08 Å². The molecule has 0 saturated carbocycles. The van der Waals surface area contributed by atoms with Crippen LogP contribution in [0.15, 0.2) is 36.1 Å². The van der Waals surface area contributed by atoms with Crippen molar-refractivity contribution in [3.8, 4) is 10.6 Å². The molecule has 4 heteroatoms. The van der Waals surface area contributed by atoms with Gasteiger partial charge < -0.3 is 0 Å². The monoisotopic (exact) mass is 216 g/mol. The highest BCUT2D eigenvalue weighted by Gasteiger charge is 2.01. The predicted molar refractivity (Wildman–Crippen MR) is 60.4 cm³/mol. The van der Waals surface area contributed by atoms with Gasteiger partial charge in [0, 0.05) is 12.4 Å². The minimum atomic E-state index is 0.764. The minimum absolute atomic E-state index is 0.764. The number of hydrogen-bond acceptors (Lipinski definition) is 4. The van der Waals surface area contributed by atoms with Crippen molar-refractivity contribution in [1.82, 2.24) is 9.97 Å². The molecule has 2 aromatic rings. The van der Waals surface area contributed by atoms with Crippen molar-refractivity contribution < 1.29 is 4.79 Å². The Morgan fingerprint density at radius 3 is 3.00 bits per heavy atom. The lowest BCUT2D eigenvalue weighted by Gasteiger charge is -1.91. The van der Waals surface area contributed by atoms with Gasteiger partial charge in [0.2, 0.25) is 0 Å². The van der Waals surface area contributed by atoms with E-state index >= 15 is 0 Å². The van der Waals surface area contributed by atoms with Crippen LogP contribution in [0.1, 0.15) is 5.56 Å². The smallest absolute Gasteiger partial charge is 0.142 e. The largest absolute Gasteiger partial charge is 0.299 e. The van der Waals surface area contributed by atoms with Crippen LogP contribution in [-0.2, 0) is 4.79 Å². The fraction of sp³-hybridized carbons (Fsp3) is 0. The van der Waals surface area contributed by atoms with Crippen LogP contribution in [0.2, 0.25) is 0 Å². The summed E-state index contributed by atoms with van der Waals surface area (Å²) in [7, 11) is 0. The summed E-state index contributed by atoms with van der Waals surface area (Å²) >= 11 is 1.58. The second-order valence-corrected chi connectivity index (χ2v) is 3.74. The lowest BCUT2D eigenvalue weighted by molar-refractivity contribution is -0.104. The lowest BCUT2D eigenvalue weighted by atomic mass is 10.2. The molecule has 0 bridgehead atoms. The normalized spacial score (nSPS) is 10.7. The van der Waals surface area contributed by atoms with Crippen LogP contribution in [0.4, 0.5) is 0 Å². The highest BCUT2D eigenvalue weighted by molar-refractivity contribution is 7.13. The predicted octanol–water partition coefficient (Wildman–Crippen LogP) is 2.42. The molecule has 0 saturated heterocycles.